The zero-order chi connectivity index (χ0) is 17.3. The van der Waals surface area contributed by atoms with Crippen molar-refractivity contribution >= 4 is 11.9 Å². The lowest BCUT2D eigenvalue weighted by Gasteiger charge is -2.29. The van der Waals surface area contributed by atoms with Gasteiger partial charge in [0.1, 0.15) is 5.54 Å². The summed E-state index contributed by atoms with van der Waals surface area (Å²) in [6.07, 6.45) is 6.11. The molecule has 0 aromatic heterocycles. The molecule has 3 amide bonds. The van der Waals surface area contributed by atoms with Crippen molar-refractivity contribution in [3.8, 4) is 0 Å². The second-order valence-electron chi connectivity index (χ2n) is 7.98. The van der Waals surface area contributed by atoms with E-state index in [1.165, 1.54) is 30.6 Å². The second kappa shape index (κ2) is 7.00. The molecule has 1 saturated carbocycles. The number of urea groups is 1. The van der Waals surface area contributed by atoms with E-state index < -0.39 is 5.54 Å². The van der Waals surface area contributed by atoms with Gasteiger partial charge in [0.15, 0.2) is 0 Å². The minimum Gasteiger partial charge on any atom is -0.377 e. The molecule has 136 valence electrons. The van der Waals surface area contributed by atoms with E-state index in [9.17, 15) is 9.59 Å². The molecule has 3 fully saturated rings. The van der Waals surface area contributed by atoms with Gasteiger partial charge in [-0.05, 0) is 39.0 Å². The highest BCUT2D eigenvalue weighted by atomic mass is 16.5. The van der Waals surface area contributed by atoms with E-state index in [0.29, 0.717) is 31.6 Å². The summed E-state index contributed by atoms with van der Waals surface area (Å²) in [5.74, 6) is 0.589. The lowest BCUT2D eigenvalue weighted by Crippen LogP contribution is -2.50. The van der Waals surface area contributed by atoms with Gasteiger partial charge in [0.05, 0.1) is 12.7 Å². The Labute approximate surface area is 144 Å². The van der Waals surface area contributed by atoms with Crippen LogP contribution >= 0.6 is 0 Å². The molecule has 2 saturated heterocycles. The fraction of sp³-hybridized carbons (Fsp3) is 0.889. The van der Waals surface area contributed by atoms with Crippen LogP contribution in [0.5, 0.6) is 0 Å². The first-order chi connectivity index (χ1) is 11.4. The van der Waals surface area contributed by atoms with Crippen molar-refractivity contribution < 1.29 is 14.3 Å². The first-order valence-corrected chi connectivity index (χ1v) is 9.43. The molecule has 3 unspecified atom stereocenters. The molecule has 1 N–H and O–H groups in total. The molecule has 0 aromatic carbocycles. The van der Waals surface area contributed by atoms with Gasteiger partial charge in [0.25, 0.3) is 5.91 Å². The van der Waals surface area contributed by atoms with Crippen molar-refractivity contribution in [2.24, 2.45) is 5.92 Å². The summed E-state index contributed by atoms with van der Waals surface area (Å²) in [6, 6.07) is -0.342. The zero-order valence-corrected chi connectivity index (χ0v) is 15.2. The van der Waals surface area contributed by atoms with Crippen molar-refractivity contribution in [2.75, 3.05) is 26.2 Å². The molecule has 6 nitrogen and oxygen atoms in total. The predicted octanol–water partition coefficient (Wildman–Crippen LogP) is 1.99. The molecule has 3 aliphatic rings. The fourth-order valence-corrected chi connectivity index (χ4v) is 4.33. The maximum atomic E-state index is 12.7. The van der Waals surface area contributed by atoms with E-state index >= 15 is 0 Å². The lowest BCUT2D eigenvalue weighted by atomic mass is 9.88. The van der Waals surface area contributed by atoms with Crippen LogP contribution in [0.3, 0.4) is 0 Å². The van der Waals surface area contributed by atoms with Crippen molar-refractivity contribution in [1.82, 2.24) is 15.1 Å². The molecule has 6 heteroatoms. The standard InChI is InChI=1S/C18H31N3O3/c1-13(2)21-16(22)18(19-17(21)23)8-9-20(12-18)10-11-24-15-7-5-4-6-14(15)3/h13-15H,4-12H2,1-3H3,(H,19,23). The minimum atomic E-state index is -0.709. The first-order valence-electron chi connectivity index (χ1n) is 9.43. The van der Waals surface area contributed by atoms with Crippen LogP contribution < -0.4 is 5.32 Å². The summed E-state index contributed by atoms with van der Waals surface area (Å²) in [4.78, 5) is 28.4. The number of likely N-dealkylation sites (tertiary alicyclic amines) is 1. The summed E-state index contributed by atoms with van der Waals surface area (Å²) in [7, 11) is 0. The molecular formula is C18H31N3O3. The number of ether oxygens (including phenoxy) is 1. The van der Waals surface area contributed by atoms with Gasteiger partial charge in [-0.3, -0.25) is 14.6 Å². The Morgan fingerprint density at radius 2 is 2.04 bits per heavy atom. The average Bonchev–Trinajstić information content (AvgIpc) is 3.03. The Balaban J connectivity index is 1.49. The SMILES string of the molecule is CC1CCCCC1OCCN1CCC2(C1)NC(=O)N(C(C)C)C2=O. The van der Waals surface area contributed by atoms with Crippen LogP contribution in [0.25, 0.3) is 0 Å². The Bertz CT molecular complexity index is 496. The van der Waals surface area contributed by atoms with Gasteiger partial charge < -0.3 is 10.1 Å². The molecule has 3 rings (SSSR count). The molecule has 0 radical (unpaired) electrons. The van der Waals surface area contributed by atoms with Crippen molar-refractivity contribution in [1.29, 1.82) is 0 Å². The van der Waals surface area contributed by atoms with Gasteiger partial charge in [-0.25, -0.2) is 4.79 Å². The number of imide groups is 1. The van der Waals surface area contributed by atoms with Crippen molar-refractivity contribution in [3.63, 3.8) is 0 Å². The summed E-state index contributed by atoms with van der Waals surface area (Å²) >= 11 is 0. The van der Waals surface area contributed by atoms with E-state index in [1.54, 1.807) is 0 Å². The molecule has 2 aliphatic heterocycles. The van der Waals surface area contributed by atoms with Crippen LogP contribution in [0.2, 0.25) is 0 Å². The monoisotopic (exact) mass is 337 g/mol. The number of hydrogen-bond acceptors (Lipinski definition) is 4. The van der Waals surface area contributed by atoms with Crippen LogP contribution in [0.15, 0.2) is 0 Å². The summed E-state index contributed by atoms with van der Waals surface area (Å²) < 4.78 is 6.09. The lowest BCUT2D eigenvalue weighted by molar-refractivity contribution is -0.132. The van der Waals surface area contributed by atoms with Crippen LogP contribution in [0.4, 0.5) is 4.79 Å². The van der Waals surface area contributed by atoms with Crippen LogP contribution in [-0.2, 0) is 9.53 Å². The Kier molecular flexibility index (Phi) is 5.16. The van der Waals surface area contributed by atoms with Gasteiger partial charge in [0.2, 0.25) is 0 Å². The van der Waals surface area contributed by atoms with Crippen LogP contribution in [0.1, 0.15) is 52.9 Å². The third-order valence-corrected chi connectivity index (χ3v) is 5.83. The van der Waals surface area contributed by atoms with Crippen molar-refractivity contribution in [2.45, 2.75) is 70.6 Å². The van der Waals surface area contributed by atoms with E-state index in [0.717, 1.165) is 13.1 Å². The molecule has 3 atom stereocenters. The number of carbonyl (C=O) groups is 2. The van der Waals surface area contributed by atoms with Crippen LogP contribution in [0, 0.1) is 5.92 Å². The molecule has 1 spiro atoms. The van der Waals surface area contributed by atoms with Gasteiger partial charge in [-0.1, -0.05) is 19.8 Å². The largest absolute Gasteiger partial charge is 0.377 e. The molecule has 0 bridgehead atoms. The molecule has 24 heavy (non-hydrogen) atoms. The first kappa shape index (κ1) is 17.7. The quantitative estimate of drug-likeness (QED) is 0.779. The third kappa shape index (κ3) is 3.31. The minimum absolute atomic E-state index is 0.0631. The zero-order valence-electron chi connectivity index (χ0n) is 15.2. The third-order valence-electron chi connectivity index (χ3n) is 5.83. The molecular weight excluding hydrogens is 306 g/mol. The summed E-state index contributed by atoms with van der Waals surface area (Å²) in [5.41, 5.74) is -0.709. The highest BCUT2D eigenvalue weighted by Gasteiger charge is 2.55. The maximum absolute atomic E-state index is 12.7. The normalized spacial score (nSPS) is 34.6. The van der Waals surface area contributed by atoms with E-state index in [-0.39, 0.29) is 18.0 Å². The fourth-order valence-electron chi connectivity index (χ4n) is 4.33. The number of nitrogens with zero attached hydrogens (tertiary/aromatic N) is 2. The van der Waals surface area contributed by atoms with Gasteiger partial charge in [-0.15, -0.1) is 0 Å². The average molecular weight is 337 g/mol. The number of rotatable bonds is 5. The van der Waals surface area contributed by atoms with Gasteiger partial charge in [-0.2, -0.15) is 0 Å². The number of amides is 3. The summed E-state index contributed by atoms with van der Waals surface area (Å²) in [5, 5.41) is 2.94. The van der Waals surface area contributed by atoms with Crippen molar-refractivity contribution in [3.05, 3.63) is 0 Å². The number of hydrogen-bond donors (Lipinski definition) is 1. The van der Waals surface area contributed by atoms with Gasteiger partial charge >= 0.3 is 6.03 Å². The highest BCUT2D eigenvalue weighted by Crippen LogP contribution is 2.30. The Morgan fingerprint density at radius 1 is 1.29 bits per heavy atom. The van der Waals surface area contributed by atoms with Crippen LogP contribution in [-0.4, -0.2) is 65.7 Å². The summed E-state index contributed by atoms with van der Waals surface area (Å²) in [6.45, 7) is 9.01. The highest BCUT2D eigenvalue weighted by molar-refractivity contribution is 6.07. The molecule has 1 aliphatic carbocycles. The Hall–Kier alpha value is -1.14. The number of nitrogens with one attached hydrogen (secondary N) is 1. The van der Waals surface area contributed by atoms with E-state index in [4.69, 9.17) is 4.74 Å². The maximum Gasteiger partial charge on any atom is 0.325 e. The molecule has 2 heterocycles. The number of carbonyl (C=O) groups excluding carboxylic acids is 2. The topological polar surface area (TPSA) is 61.9 Å². The van der Waals surface area contributed by atoms with Gasteiger partial charge in [0, 0.05) is 25.7 Å². The molecule has 0 aromatic rings. The Morgan fingerprint density at radius 3 is 2.71 bits per heavy atom. The van der Waals surface area contributed by atoms with E-state index in [2.05, 4.69) is 17.1 Å². The van der Waals surface area contributed by atoms with E-state index in [1.807, 2.05) is 13.8 Å². The second-order valence-corrected chi connectivity index (χ2v) is 7.98. The predicted molar refractivity (Wildman–Crippen MR) is 91.7 cm³/mol. The smallest absolute Gasteiger partial charge is 0.325 e.